The number of nitrogens with one attached hydrogen (secondary N) is 1. The smallest absolute Gasteiger partial charge is 0.160 e. The molecule has 1 aliphatic heterocycles. The van der Waals surface area contributed by atoms with E-state index in [2.05, 4.69) is 61.9 Å². The Hall–Kier alpha value is -2.40. The van der Waals surface area contributed by atoms with Crippen LogP contribution in [0.3, 0.4) is 0 Å². The van der Waals surface area contributed by atoms with Crippen LogP contribution in [0.15, 0.2) is 43.0 Å². The van der Waals surface area contributed by atoms with Gasteiger partial charge in [-0.2, -0.15) is 0 Å². The molecule has 0 saturated carbocycles. The third kappa shape index (κ3) is 2.57. The molecule has 0 aliphatic carbocycles. The highest BCUT2D eigenvalue weighted by molar-refractivity contribution is 5.52. The monoisotopic (exact) mass is 307 g/mol. The highest BCUT2D eigenvalue weighted by atomic mass is 15.2. The third-order valence-electron chi connectivity index (χ3n) is 4.78. The normalized spacial score (nSPS) is 18.1. The number of imidazole rings is 2. The van der Waals surface area contributed by atoms with E-state index in [-0.39, 0.29) is 0 Å². The van der Waals surface area contributed by atoms with Crippen LogP contribution in [0.1, 0.15) is 16.8 Å². The minimum absolute atomic E-state index is 0.470. The summed E-state index contributed by atoms with van der Waals surface area (Å²) in [5.41, 5.74) is 4.90. The van der Waals surface area contributed by atoms with Crippen molar-refractivity contribution in [3.8, 4) is 11.5 Å². The summed E-state index contributed by atoms with van der Waals surface area (Å²) < 4.78 is 2.22. The lowest BCUT2D eigenvalue weighted by molar-refractivity contribution is 0.195. The first kappa shape index (κ1) is 14.2. The van der Waals surface area contributed by atoms with Gasteiger partial charge in [0.05, 0.1) is 6.33 Å². The van der Waals surface area contributed by atoms with E-state index in [1.165, 1.54) is 11.1 Å². The van der Waals surface area contributed by atoms with Crippen LogP contribution in [-0.2, 0) is 19.5 Å². The van der Waals surface area contributed by atoms with Crippen molar-refractivity contribution in [2.24, 2.45) is 0 Å². The first-order valence-corrected chi connectivity index (χ1v) is 8.01. The van der Waals surface area contributed by atoms with Gasteiger partial charge in [-0.3, -0.25) is 4.90 Å². The van der Waals surface area contributed by atoms with Crippen molar-refractivity contribution in [2.45, 2.75) is 32.5 Å². The number of hydrogen-bond acceptors (Lipinski definition) is 3. The fourth-order valence-corrected chi connectivity index (χ4v) is 3.41. The Morgan fingerprint density at radius 3 is 2.83 bits per heavy atom. The van der Waals surface area contributed by atoms with Crippen LogP contribution < -0.4 is 0 Å². The summed E-state index contributed by atoms with van der Waals surface area (Å²) >= 11 is 0. The van der Waals surface area contributed by atoms with Crippen molar-refractivity contribution in [3.05, 3.63) is 59.8 Å². The fourth-order valence-electron chi connectivity index (χ4n) is 3.41. The molecule has 3 heterocycles. The molecule has 5 nitrogen and oxygen atoms in total. The van der Waals surface area contributed by atoms with E-state index in [0.717, 1.165) is 36.7 Å². The molecule has 2 aromatic heterocycles. The molecular weight excluding hydrogens is 286 g/mol. The van der Waals surface area contributed by atoms with Crippen LogP contribution in [0.4, 0.5) is 0 Å². The molecule has 0 saturated heterocycles. The molecule has 0 radical (unpaired) electrons. The van der Waals surface area contributed by atoms with Gasteiger partial charge in [0.2, 0.25) is 0 Å². The quantitative estimate of drug-likeness (QED) is 0.809. The average Bonchev–Trinajstić information content (AvgIpc) is 3.16. The van der Waals surface area contributed by atoms with Gasteiger partial charge in [0.15, 0.2) is 5.82 Å². The second kappa shape index (κ2) is 5.66. The van der Waals surface area contributed by atoms with Crippen LogP contribution >= 0.6 is 0 Å². The van der Waals surface area contributed by atoms with E-state index in [9.17, 15) is 0 Å². The predicted molar refractivity (Wildman–Crippen MR) is 89.9 cm³/mol. The van der Waals surface area contributed by atoms with Crippen molar-refractivity contribution in [1.29, 1.82) is 0 Å². The number of likely N-dealkylation sites (N-methyl/N-ethyl adjacent to an activating group) is 1. The van der Waals surface area contributed by atoms with Gasteiger partial charge in [-0.05, 0) is 31.5 Å². The molecule has 1 unspecified atom stereocenters. The number of rotatable bonds is 3. The van der Waals surface area contributed by atoms with Crippen LogP contribution in [0, 0.1) is 6.92 Å². The molecule has 118 valence electrons. The lowest BCUT2D eigenvalue weighted by Crippen LogP contribution is -2.40. The molecule has 1 N–H and O–H groups in total. The van der Waals surface area contributed by atoms with E-state index < -0.39 is 0 Å². The van der Waals surface area contributed by atoms with Crippen molar-refractivity contribution < 1.29 is 0 Å². The molecule has 0 bridgehead atoms. The summed E-state index contributed by atoms with van der Waals surface area (Å²) in [7, 11) is 2.21. The molecule has 0 fully saturated rings. The van der Waals surface area contributed by atoms with Gasteiger partial charge in [0.1, 0.15) is 5.69 Å². The number of nitrogens with zero attached hydrogens (tertiary/aromatic N) is 4. The molecule has 1 aliphatic rings. The second-order valence-electron chi connectivity index (χ2n) is 6.32. The Morgan fingerprint density at radius 1 is 1.22 bits per heavy atom. The van der Waals surface area contributed by atoms with Crippen molar-refractivity contribution in [1.82, 2.24) is 24.4 Å². The van der Waals surface area contributed by atoms with Crippen molar-refractivity contribution >= 4 is 0 Å². The molecular formula is C18H21N5. The van der Waals surface area contributed by atoms with Crippen molar-refractivity contribution in [2.75, 3.05) is 7.05 Å². The topological polar surface area (TPSA) is 49.7 Å². The Morgan fingerprint density at radius 2 is 2.04 bits per heavy atom. The van der Waals surface area contributed by atoms with Crippen LogP contribution in [0.5, 0.6) is 0 Å². The zero-order valence-electron chi connectivity index (χ0n) is 13.5. The Balaban J connectivity index is 1.60. The van der Waals surface area contributed by atoms with Gasteiger partial charge in [-0.1, -0.05) is 24.3 Å². The number of aromatic nitrogens is 4. The highest BCUT2D eigenvalue weighted by Crippen LogP contribution is 2.25. The number of aromatic amines is 1. The SMILES string of the molecule is Cc1[nH]cnc1-c1nccn1CC1Cc2ccccc2CN1C. The summed E-state index contributed by atoms with van der Waals surface area (Å²) in [6, 6.07) is 9.22. The van der Waals surface area contributed by atoms with Gasteiger partial charge in [0, 0.05) is 37.2 Å². The van der Waals surface area contributed by atoms with Gasteiger partial charge < -0.3 is 9.55 Å². The van der Waals surface area contributed by atoms with Crippen molar-refractivity contribution in [3.63, 3.8) is 0 Å². The standard InChI is InChI=1S/C18H21N5/c1-13-17(21-12-20-13)18-19-7-8-23(18)11-16-9-14-5-3-4-6-15(14)10-22(16)2/h3-8,12,16H,9-11H2,1-2H3,(H,20,21). The zero-order chi connectivity index (χ0) is 15.8. The second-order valence-corrected chi connectivity index (χ2v) is 6.32. The molecule has 3 aromatic rings. The van der Waals surface area contributed by atoms with E-state index in [1.807, 2.05) is 13.1 Å². The summed E-state index contributed by atoms with van der Waals surface area (Å²) in [5, 5.41) is 0. The molecule has 1 atom stereocenters. The lowest BCUT2D eigenvalue weighted by Gasteiger charge is -2.34. The Bertz CT molecular complexity index is 816. The summed E-state index contributed by atoms with van der Waals surface area (Å²) in [6.07, 6.45) is 6.72. The van der Waals surface area contributed by atoms with E-state index in [0.29, 0.717) is 6.04 Å². The van der Waals surface area contributed by atoms with Crippen LogP contribution in [0.2, 0.25) is 0 Å². The maximum atomic E-state index is 4.52. The Kier molecular flexibility index (Phi) is 3.50. The molecule has 23 heavy (non-hydrogen) atoms. The Labute approximate surface area is 136 Å². The summed E-state index contributed by atoms with van der Waals surface area (Å²) in [4.78, 5) is 14.5. The lowest BCUT2D eigenvalue weighted by atomic mass is 9.94. The number of benzene rings is 1. The zero-order valence-corrected chi connectivity index (χ0v) is 13.5. The average molecular weight is 307 g/mol. The van der Waals surface area contributed by atoms with E-state index >= 15 is 0 Å². The number of fused-ring (bicyclic) bond motifs is 1. The van der Waals surface area contributed by atoms with Crippen LogP contribution in [0.25, 0.3) is 11.5 Å². The first-order valence-electron chi connectivity index (χ1n) is 8.01. The molecule has 5 heteroatoms. The molecule has 0 amide bonds. The number of hydrogen-bond donors (Lipinski definition) is 1. The summed E-state index contributed by atoms with van der Waals surface area (Å²) in [6.45, 7) is 3.96. The van der Waals surface area contributed by atoms with Gasteiger partial charge >= 0.3 is 0 Å². The van der Waals surface area contributed by atoms with Gasteiger partial charge in [-0.15, -0.1) is 0 Å². The first-order chi connectivity index (χ1) is 11.2. The number of H-pyrrole nitrogens is 1. The fraction of sp³-hybridized carbons (Fsp3) is 0.333. The van der Waals surface area contributed by atoms with E-state index in [1.54, 1.807) is 6.33 Å². The third-order valence-corrected chi connectivity index (χ3v) is 4.78. The van der Waals surface area contributed by atoms with Gasteiger partial charge in [-0.25, -0.2) is 9.97 Å². The largest absolute Gasteiger partial charge is 0.348 e. The minimum Gasteiger partial charge on any atom is -0.348 e. The maximum Gasteiger partial charge on any atom is 0.160 e. The number of aryl methyl sites for hydroxylation is 1. The van der Waals surface area contributed by atoms with Gasteiger partial charge in [0.25, 0.3) is 0 Å². The maximum absolute atomic E-state index is 4.52. The highest BCUT2D eigenvalue weighted by Gasteiger charge is 2.24. The molecule has 0 spiro atoms. The summed E-state index contributed by atoms with van der Waals surface area (Å²) in [5.74, 6) is 0.941. The molecule has 4 rings (SSSR count). The predicted octanol–water partition coefficient (Wildman–Crippen LogP) is 2.64. The van der Waals surface area contributed by atoms with E-state index in [4.69, 9.17) is 0 Å². The van der Waals surface area contributed by atoms with Crippen LogP contribution in [-0.4, -0.2) is 37.5 Å². The minimum atomic E-state index is 0.470. The molecule has 1 aromatic carbocycles.